The van der Waals surface area contributed by atoms with Gasteiger partial charge in [-0.2, -0.15) is 0 Å². The summed E-state index contributed by atoms with van der Waals surface area (Å²) in [5.41, 5.74) is 0.943. The number of amides is 1. The molecule has 0 aliphatic heterocycles. The lowest BCUT2D eigenvalue weighted by atomic mass is 9.96. The molecule has 1 aromatic carbocycles. The number of halogens is 1. The van der Waals surface area contributed by atoms with E-state index in [2.05, 4.69) is 10.6 Å². The van der Waals surface area contributed by atoms with E-state index in [4.69, 9.17) is 0 Å². The number of hydrogen-bond donors (Lipinski definition) is 2. The highest BCUT2D eigenvalue weighted by Crippen LogP contribution is 2.22. The van der Waals surface area contributed by atoms with Crippen LogP contribution in [0.4, 0.5) is 4.39 Å². The zero-order chi connectivity index (χ0) is 14.3. The first-order valence-corrected chi connectivity index (χ1v) is 6.74. The van der Waals surface area contributed by atoms with Crippen LogP contribution in [0.2, 0.25) is 0 Å². The van der Waals surface area contributed by atoms with Crippen LogP contribution in [0.15, 0.2) is 24.3 Å². The Morgan fingerprint density at radius 3 is 2.42 bits per heavy atom. The molecular weight excluding hydrogens is 243 g/mol. The second kappa shape index (κ2) is 7.89. The molecule has 106 valence electrons. The summed E-state index contributed by atoms with van der Waals surface area (Å²) in [6.45, 7) is 4.92. The second-order valence-electron chi connectivity index (χ2n) is 5.05. The Bertz CT molecular complexity index is 390. The third kappa shape index (κ3) is 5.39. The van der Waals surface area contributed by atoms with Crippen molar-refractivity contribution in [2.45, 2.75) is 32.7 Å². The Labute approximate surface area is 114 Å². The summed E-state index contributed by atoms with van der Waals surface area (Å²) >= 11 is 0. The van der Waals surface area contributed by atoms with Crippen LogP contribution in [0.5, 0.6) is 0 Å². The van der Waals surface area contributed by atoms with Crippen LogP contribution in [0.3, 0.4) is 0 Å². The Balaban J connectivity index is 2.63. The lowest BCUT2D eigenvalue weighted by Crippen LogP contribution is -2.32. The maximum Gasteiger partial charge on any atom is 0.220 e. The molecule has 2 N–H and O–H groups in total. The molecule has 0 bridgehead atoms. The molecule has 0 radical (unpaired) electrons. The maximum atomic E-state index is 12.9. The van der Waals surface area contributed by atoms with Gasteiger partial charge in [0.25, 0.3) is 0 Å². The average molecular weight is 266 g/mol. The first-order chi connectivity index (χ1) is 9.04. The van der Waals surface area contributed by atoms with Crippen molar-refractivity contribution in [2.75, 3.05) is 13.6 Å². The second-order valence-corrected chi connectivity index (χ2v) is 5.05. The van der Waals surface area contributed by atoms with Crippen LogP contribution >= 0.6 is 0 Å². The van der Waals surface area contributed by atoms with Gasteiger partial charge >= 0.3 is 0 Å². The predicted molar refractivity (Wildman–Crippen MR) is 75.3 cm³/mol. The molecule has 0 aromatic heterocycles. The van der Waals surface area contributed by atoms with E-state index in [1.165, 1.54) is 12.1 Å². The minimum absolute atomic E-state index is 0.0401. The van der Waals surface area contributed by atoms with Gasteiger partial charge in [-0.05, 0) is 43.6 Å². The first-order valence-electron chi connectivity index (χ1n) is 6.74. The molecule has 0 saturated heterocycles. The highest BCUT2D eigenvalue weighted by atomic mass is 19.1. The number of carbonyl (C=O) groups excluding carboxylic acids is 1. The Hall–Kier alpha value is -1.42. The molecule has 0 saturated carbocycles. The third-order valence-electron chi connectivity index (χ3n) is 3.04. The number of carbonyl (C=O) groups is 1. The quantitative estimate of drug-likeness (QED) is 0.745. The van der Waals surface area contributed by atoms with Crippen molar-refractivity contribution < 1.29 is 9.18 Å². The van der Waals surface area contributed by atoms with Crippen molar-refractivity contribution >= 4 is 5.91 Å². The fourth-order valence-corrected chi connectivity index (χ4v) is 1.98. The largest absolute Gasteiger partial charge is 0.349 e. The molecule has 0 fully saturated rings. The first kappa shape index (κ1) is 15.6. The van der Waals surface area contributed by atoms with Gasteiger partial charge < -0.3 is 10.6 Å². The monoisotopic (exact) mass is 266 g/mol. The van der Waals surface area contributed by atoms with E-state index < -0.39 is 0 Å². The summed E-state index contributed by atoms with van der Waals surface area (Å²) in [5, 5.41) is 6.04. The Morgan fingerprint density at radius 1 is 1.26 bits per heavy atom. The number of rotatable bonds is 7. The maximum absolute atomic E-state index is 12.9. The van der Waals surface area contributed by atoms with E-state index >= 15 is 0 Å². The van der Waals surface area contributed by atoms with E-state index in [1.807, 2.05) is 20.9 Å². The average Bonchev–Trinajstić information content (AvgIpc) is 2.37. The highest BCUT2D eigenvalue weighted by Gasteiger charge is 2.17. The van der Waals surface area contributed by atoms with Crippen LogP contribution in [-0.2, 0) is 4.79 Å². The van der Waals surface area contributed by atoms with Crippen molar-refractivity contribution in [3.63, 3.8) is 0 Å². The minimum Gasteiger partial charge on any atom is -0.349 e. The molecule has 0 heterocycles. The normalized spacial score (nSPS) is 12.5. The van der Waals surface area contributed by atoms with E-state index in [9.17, 15) is 9.18 Å². The molecule has 3 nitrogen and oxygen atoms in total. The molecule has 0 spiro atoms. The molecule has 1 aromatic rings. The van der Waals surface area contributed by atoms with Crippen molar-refractivity contribution in [1.29, 1.82) is 0 Å². The summed E-state index contributed by atoms with van der Waals surface area (Å²) in [4.78, 5) is 11.9. The molecule has 1 atom stereocenters. The van der Waals surface area contributed by atoms with Gasteiger partial charge in [0, 0.05) is 6.42 Å². The molecule has 0 aliphatic carbocycles. The molecule has 1 amide bonds. The van der Waals surface area contributed by atoms with Gasteiger partial charge in [0.15, 0.2) is 0 Å². The van der Waals surface area contributed by atoms with E-state index in [0.717, 1.165) is 18.5 Å². The standard InChI is InChI=1S/C15H23FN2O/c1-11(2)15(12-6-8-13(16)9-7-12)18-14(19)5-4-10-17-3/h6-9,11,15,17H,4-5,10H2,1-3H3,(H,18,19). The van der Waals surface area contributed by atoms with E-state index in [1.54, 1.807) is 12.1 Å². The SMILES string of the molecule is CNCCCC(=O)NC(c1ccc(F)cc1)C(C)C. The zero-order valence-corrected chi connectivity index (χ0v) is 11.9. The van der Waals surface area contributed by atoms with E-state index in [0.29, 0.717) is 6.42 Å². The molecule has 4 heteroatoms. The van der Waals surface area contributed by atoms with Crippen molar-refractivity contribution in [3.8, 4) is 0 Å². The lowest BCUT2D eigenvalue weighted by Gasteiger charge is -2.23. The van der Waals surface area contributed by atoms with Gasteiger partial charge in [-0.25, -0.2) is 4.39 Å². The summed E-state index contributed by atoms with van der Waals surface area (Å²) in [6, 6.07) is 6.25. The van der Waals surface area contributed by atoms with Gasteiger partial charge in [0.05, 0.1) is 6.04 Å². The van der Waals surface area contributed by atoms with Crippen LogP contribution in [-0.4, -0.2) is 19.5 Å². The smallest absolute Gasteiger partial charge is 0.220 e. The Kier molecular flexibility index (Phi) is 6.50. The summed E-state index contributed by atoms with van der Waals surface area (Å²) < 4.78 is 12.9. The van der Waals surface area contributed by atoms with Gasteiger partial charge in [-0.3, -0.25) is 4.79 Å². The van der Waals surface area contributed by atoms with Gasteiger partial charge in [0.2, 0.25) is 5.91 Å². The summed E-state index contributed by atoms with van der Waals surface area (Å²) in [7, 11) is 1.87. The van der Waals surface area contributed by atoms with Crippen LogP contribution in [0.25, 0.3) is 0 Å². The zero-order valence-electron chi connectivity index (χ0n) is 11.9. The van der Waals surface area contributed by atoms with Crippen molar-refractivity contribution in [3.05, 3.63) is 35.6 Å². The number of nitrogens with one attached hydrogen (secondary N) is 2. The van der Waals surface area contributed by atoms with Crippen molar-refractivity contribution in [1.82, 2.24) is 10.6 Å². The summed E-state index contributed by atoms with van der Waals surface area (Å²) in [5.74, 6) is 0.0450. The van der Waals surface area contributed by atoms with Gasteiger partial charge in [-0.15, -0.1) is 0 Å². The lowest BCUT2D eigenvalue weighted by molar-refractivity contribution is -0.122. The Morgan fingerprint density at radius 2 is 1.89 bits per heavy atom. The fraction of sp³-hybridized carbons (Fsp3) is 0.533. The number of hydrogen-bond acceptors (Lipinski definition) is 2. The third-order valence-corrected chi connectivity index (χ3v) is 3.04. The topological polar surface area (TPSA) is 41.1 Å². The summed E-state index contributed by atoms with van der Waals surface area (Å²) in [6.07, 6.45) is 1.32. The van der Waals surface area contributed by atoms with E-state index in [-0.39, 0.29) is 23.7 Å². The predicted octanol–water partition coefficient (Wildman–Crippen LogP) is 2.64. The van der Waals surface area contributed by atoms with Crippen molar-refractivity contribution in [2.24, 2.45) is 5.92 Å². The molecule has 0 aliphatic rings. The van der Waals surface area contributed by atoms with Crippen LogP contribution in [0.1, 0.15) is 38.3 Å². The number of benzene rings is 1. The molecule has 1 unspecified atom stereocenters. The minimum atomic E-state index is -0.258. The molecule has 19 heavy (non-hydrogen) atoms. The van der Waals surface area contributed by atoms with Crippen LogP contribution in [0, 0.1) is 11.7 Å². The van der Waals surface area contributed by atoms with Crippen LogP contribution < -0.4 is 10.6 Å². The van der Waals surface area contributed by atoms with Gasteiger partial charge in [-0.1, -0.05) is 26.0 Å². The fourth-order valence-electron chi connectivity index (χ4n) is 1.98. The molecular formula is C15H23FN2O. The van der Waals surface area contributed by atoms with Gasteiger partial charge in [0.1, 0.15) is 5.82 Å². The molecule has 1 rings (SSSR count). The highest BCUT2D eigenvalue weighted by molar-refractivity contribution is 5.76.